The Morgan fingerprint density at radius 2 is 1.75 bits per heavy atom. The van der Waals surface area contributed by atoms with Crippen molar-refractivity contribution in [2.24, 2.45) is 5.84 Å². The molecule has 106 valence electrons. The van der Waals surface area contributed by atoms with Crippen LogP contribution in [0, 0.1) is 5.82 Å². The Balaban J connectivity index is 2.39. The number of hydrogen-bond acceptors (Lipinski definition) is 3. The van der Waals surface area contributed by atoms with Crippen LogP contribution in [-0.4, -0.2) is 6.61 Å². The number of nitrogens with one attached hydrogen (secondary N) is 1. The molecule has 0 aliphatic heterocycles. The highest BCUT2D eigenvalue weighted by atomic mass is 19.1. The summed E-state index contributed by atoms with van der Waals surface area (Å²) in [5.41, 5.74) is 4.00. The van der Waals surface area contributed by atoms with Crippen molar-refractivity contribution in [1.82, 2.24) is 5.43 Å². The van der Waals surface area contributed by atoms with E-state index in [9.17, 15) is 4.39 Å². The van der Waals surface area contributed by atoms with E-state index in [1.165, 1.54) is 6.07 Å². The number of ether oxygens (including phenoxy) is 1. The summed E-state index contributed by atoms with van der Waals surface area (Å²) in [7, 11) is 0. The highest BCUT2D eigenvalue weighted by molar-refractivity contribution is 5.41. The second-order valence-corrected chi connectivity index (χ2v) is 4.51. The van der Waals surface area contributed by atoms with Crippen molar-refractivity contribution in [2.75, 3.05) is 6.61 Å². The topological polar surface area (TPSA) is 47.3 Å². The van der Waals surface area contributed by atoms with Crippen LogP contribution in [0.25, 0.3) is 0 Å². The summed E-state index contributed by atoms with van der Waals surface area (Å²) in [6.07, 6.45) is 0.911. The average molecular weight is 274 g/mol. The largest absolute Gasteiger partial charge is 0.493 e. The Kier molecular flexibility index (Phi) is 5.09. The summed E-state index contributed by atoms with van der Waals surface area (Å²) in [5.74, 6) is 6.06. The second-order valence-electron chi connectivity index (χ2n) is 4.51. The van der Waals surface area contributed by atoms with E-state index in [-0.39, 0.29) is 5.82 Å². The molecular formula is C16H19FN2O. The lowest BCUT2D eigenvalue weighted by Gasteiger charge is -2.20. The van der Waals surface area contributed by atoms with Gasteiger partial charge in [0.15, 0.2) is 0 Å². The quantitative estimate of drug-likeness (QED) is 0.628. The summed E-state index contributed by atoms with van der Waals surface area (Å²) in [4.78, 5) is 0. The fourth-order valence-electron chi connectivity index (χ4n) is 2.12. The zero-order valence-electron chi connectivity index (χ0n) is 11.5. The van der Waals surface area contributed by atoms with E-state index in [1.54, 1.807) is 18.2 Å². The van der Waals surface area contributed by atoms with Crippen LogP contribution >= 0.6 is 0 Å². The molecule has 0 aromatic heterocycles. The number of rotatable bonds is 6. The predicted octanol–water partition coefficient (Wildman–Crippen LogP) is 3.17. The van der Waals surface area contributed by atoms with Gasteiger partial charge in [0.1, 0.15) is 11.6 Å². The van der Waals surface area contributed by atoms with Gasteiger partial charge in [0, 0.05) is 11.1 Å². The highest BCUT2D eigenvalue weighted by Gasteiger charge is 2.19. The molecule has 0 heterocycles. The molecule has 0 fully saturated rings. The van der Waals surface area contributed by atoms with Crippen LogP contribution in [0.1, 0.15) is 30.5 Å². The fraction of sp³-hybridized carbons (Fsp3) is 0.250. The first-order chi connectivity index (χ1) is 9.77. The van der Waals surface area contributed by atoms with Crippen LogP contribution in [0.4, 0.5) is 4.39 Å². The molecule has 20 heavy (non-hydrogen) atoms. The highest BCUT2D eigenvalue weighted by Crippen LogP contribution is 2.30. The van der Waals surface area contributed by atoms with Crippen LogP contribution < -0.4 is 16.0 Å². The Bertz CT molecular complexity index is 560. The van der Waals surface area contributed by atoms with E-state index in [4.69, 9.17) is 10.6 Å². The van der Waals surface area contributed by atoms with Gasteiger partial charge in [-0.15, -0.1) is 0 Å². The number of nitrogens with two attached hydrogens (primary N) is 1. The standard InChI is InChI=1S/C16H19FN2O/c1-2-11-20-15-10-6-4-8-13(15)16(19-18)12-7-3-5-9-14(12)17/h3-10,16,19H,2,11,18H2,1H3. The Hall–Kier alpha value is -1.91. The zero-order valence-corrected chi connectivity index (χ0v) is 11.5. The lowest BCUT2D eigenvalue weighted by Crippen LogP contribution is -2.30. The maximum absolute atomic E-state index is 14.0. The summed E-state index contributed by atoms with van der Waals surface area (Å²) in [6.45, 7) is 2.66. The van der Waals surface area contributed by atoms with Crippen LogP contribution in [0.2, 0.25) is 0 Å². The van der Waals surface area contributed by atoms with Gasteiger partial charge in [-0.1, -0.05) is 43.3 Å². The minimum Gasteiger partial charge on any atom is -0.493 e. The van der Waals surface area contributed by atoms with E-state index in [2.05, 4.69) is 5.43 Å². The molecule has 3 nitrogen and oxygen atoms in total. The Morgan fingerprint density at radius 3 is 2.40 bits per heavy atom. The molecule has 4 heteroatoms. The first-order valence-electron chi connectivity index (χ1n) is 6.70. The van der Waals surface area contributed by atoms with Gasteiger partial charge in [0.25, 0.3) is 0 Å². The molecule has 0 radical (unpaired) electrons. The number of benzene rings is 2. The van der Waals surface area contributed by atoms with Gasteiger partial charge in [-0.2, -0.15) is 0 Å². The maximum atomic E-state index is 14.0. The van der Waals surface area contributed by atoms with E-state index >= 15 is 0 Å². The first kappa shape index (κ1) is 14.5. The van der Waals surface area contributed by atoms with Gasteiger partial charge in [-0.25, -0.2) is 9.82 Å². The predicted molar refractivity (Wildman–Crippen MR) is 77.8 cm³/mol. The molecule has 0 aliphatic carbocycles. The molecule has 0 amide bonds. The maximum Gasteiger partial charge on any atom is 0.128 e. The van der Waals surface area contributed by atoms with Crippen LogP contribution in [0.5, 0.6) is 5.75 Å². The summed E-state index contributed by atoms with van der Waals surface area (Å²) in [5, 5.41) is 0. The third-order valence-corrected chi connectivity index (χ3v) is 3.07. The van der Waals surface area contributed by atoms with Gasteiger partial charge < -0.3 is 4.74 Å². The van der Waals surface area contributed by atoms with E-state index in [0.29, 0.717) is 12.2 Å². The van der Waals surface area contributed by atoms with Crippen LogP contribution in [-0.2, 0) is 0 Å². The van der Waals surface area contributed by atoms with Gasteiger partial charge in [-0.3, -0.25) is 5.84 Å². The van der Waals surface area contributed by atoms with Gasteiger partial charge in [0.05, 0.1) is 12.6 Å². The minimum atomic E-state index is -0.441. The number of hydrazine groups is 1. The molecule has 2 aromatic rings. The molecular weight excluding hydrogens is 255 g/mol. The van der Waals surface area contributed by atoms with E-state index in [1.807, 2.05) is 31.2 Å². The van der Waals surface area contributed by atoms with Gasteiger partial charge in [-0.05, 0) is 18.6 Å². The molecule has 2 aromatic carbocycles. The first-order valence-corrected chi connectivity index (χ1v) is 6.70. The summed E-state index contributed by atoms with van der Waals surface area (Å²) < 4.78 is 19.7. The number of para-hydroxylation sites is 1. The van der Waals surface area contributed by atoms with Gasteiger partial charge in [0.2, 0.25) is 0 Å². The van der Waals surface area contributed by atoms with E-state index < -0.39 is 6.04 Å². The van der Waals surface area contributed by atoms with Crippen molar-refractivity contribution >= 4 is 0 Å². The van der Waals surface area contributed by atoms with Crippen LogP contribution in [0.15, 0.2) is 48.5 Å². The summed E-state index contributed by atoms with van der Waals surface area (Å²) in [6, 6.07) is 13.7. The molecule has 0 bridgehead atoms. The molecule has 0 spiro atoms. The molecule has 0 saturated carbocycles. The summed E-state index contributed by atoms with van der Waals surface area (Å²) >= 11 is 0. The molecule has 3 N–H and O–H groups in total. The number of halogens is 1. The lowest BCUT2D eigenvalue weighted by atomic mass is 9.98. The normalized spacial score (nSPS) is 12.2. The van der Waals surface area contributed by atoms with Crippen molar-refractivity contribution in [3.63, 3.8) is 0 Å². The minimum absolute atomic E-state index is 0.291. The van der Waals surface area contributed by atoms with Crippen molar-refractivity contribution < 1.29 is 9.13 Å². The molecule has 1 unspecified atom stereocenters. The SMILES string of the molecule is CCCOc1ccccc1C(NN)c1ccccc1F. The van der Waals surface area contributed by atoms with Crippen molar-refractivity contribution in [3.8, 4) is 5.75 Å². The monoisotopic (exact) mass is 274 g/mol. The van der Waals surface area contributed by atoms with Crippen LogP contribution in [0.3, 0.4) is 0 Å². The third kappa shape index (κ3) is 3.15. The lowest BCUT2D eigenvalue weighted by molar-refractivity contribution is 0.311. The van der Waals surface area contributed by atoms with Crippen molar-refractivity contribution in [2.45, 2.75) is 19.4 Å². The molecule has 0 saturated heterocycles. The van der Waals surface area contributed by atoms with Crippen molar-refractivity contribution in [1.29, 1.82) is 0 Å². The number of hydrogen-bond donors (Lipinski definition) is 2. The Morgan fingerprint density at radius 1 is 1.10 bits per heavy atom. The molecule has 0 aliphatic rings. The molecule has 1 atom stereocenters. The van der Waals surface area contributed by atoms with E-state index in [0.717, 1.165) is 17.7 Å². The smallest absolute Gasteiger partial charge is 0.128 e. The third-order valence-electron chi connectivity index (χ3n) is 3.07. The zero-order chi connectivity index (χ0) is 14.4. The molecule has 2 rings (SSSR count). The van der Waals surface area contributed by atoms with Crippen molar-refractivity contribution in [3.05, 3.63) is 65.5 Å². The fourth-order valence-corrected chi connectivity index (χ4v) is 2.12. The second kappa shape index (κ2) is 7.03. The van der Waals surface area contributed by atoms with Gasteiger partial charge >= 0.3 is 0 Å². The average Bonchev–Trinajstić information content (AvgIpc) is 2.49. The Labute approximate surface area is 118 Å².